The molecule has 4 nitrogen and oxygen atoms in total. The third kappa shape index (κ3) is 3.55. The molecule has 0 saturated heterocycles. The number of rotatable bonds is 6. The van der Waals surface area contributed by atoms with E-state index in [1.807, 2.05) is 48.5 Å². The van der Waals surface area contributed by atoms with Crippen LogP contribution in [0, 0.1) is 0 Å². The number of carbonyl (C=O) groups excluding carboxylic acids is 2. The zero-order valence-corrected chi connectivity index (χ0v) is 17.6. The highest BCUT2D eigenvalue weighted by atomic mass is 16.3. The Bertz CT molecular complexity index is 1230. The van der Waals surface area contributed by atoms with Gasteiger partial charge in [-0.1, -0.05) is 62.4 Å². The standard InChI is InChI=1S/C27H24O4/c1-3-24(28)22-14-16(18-9-5-7-11-20(18)26(22)30)13-17-15-23(25(29)4-2)27(31)21-12-8-6-10-19(17)21/h5-12,14-15,30-31H,3-4,13H2,1-2H3. The maximum atomic E-state index is 12.5. The van der Waals surface area contributed by atoms with Crippen LogP contribution in [0.15, 0.2) is 60.7 Å². The summed E-state index contributed by atoms with van der Waals surface area (Å²) in [6, 6.07) is 18.4. The monoisotopic (exact) mass is 412 g/mol. The van der Waals surface area contributed by atoms with E-state index in [1.165, 1.54) is 0 Å². The SMILES string of the molecule is CCC(=O)c1cc(Cc2cc(C(=O)CC)c(O)c3ccccc23)c2ccccc2c1O. The molecule has 0 bridgehead atoms. The van der Waals surface area contributed by atoms with Crippen molar-refractivity contribution in [3.05, 3.63) is 82.9 Å². The second-order valence-corrected chi connectivity index (χ2v) is 7.69. The van der Waals surface area contributed by atoms with E-state index in [9.17, 15) is 19.8 Å². The number of ketones is 2. The molecule has 4 heteroatoms. The molecule has 0 aromatic heterocycles. The first-order valence-corrected chi connectivity index (χ1v) is 10.5. The Kier molecular flexibility index (Phi) is 5.47. The summed E-state index contributed by atoms with van der Waals surface area (Å²) in [5.74, 6) is -0.240. The molecule has 0 atom stereocenters. The van der Waals surface area contributed by atoms with E-state index < -0.39 is 0 Å². The van der Waals surface area contributed by atoms with Crippen molar-refractivity contribution in [1.29, 1.82) is 0 Å². The Morgan fingerprint density at radius 3 is 1.35 bits per heavy atom. The van der Waals surface area contributed by atoms with Gasteiger partial charge in [-0.3, -0.25) is 9.59 Å². The van der Waals surface area contributed by atoms with Gasteiger partial charge in [0.2, 0.25) is 0 Å². The molecule has 31 heavy (non-hydrogen) atoms. The molecule has 0 saturated carbocycles. The Balaban J connectivity index is 1.98. The first-order valence-electron chi connectivity index (χ1n) is 10.5. The summed E-state index contributed by atoms with van der Waals surface area (Å²) in [7, 11) is 0. The van der Waals surface area contributed by atoms with E-state index in [-0.39, 0.29) is 23.1 Å². The van der Waals surface area contributed by atoms with Gasteiger partial charge in [0.15, 0.2) is 11.6 Å². The second-order valence-electron chi connectivity index (χ2n) is 7.69. The smallest absolute Gasteiger partial charge is 0.166 e. The number of hydrogen-bond acceptors (Lipinski definition) is 4. The Morgan fingerprint density at radius 1 is 0.645 bits per heavy atom. The highest BCUT2D eigenvalue weighted by molar-refractivity contribution is 6.07. The molecule has 2 N–H and O–H groups in total. The highest BCUT2D eigenvalue weighted by Gasteiger charge is 2.19. The van der Waals surface area contributed by atoms with Gasteiger partial charge in [0.05, 0.1) is 11.1 Å². The van der Waals surface area contributed by atoms with Crippen LogP contribution < -0.4 is 0 Å². The van der Waals surface area contributed by atoms with Crippen LogP contribution in [-0.4, -0.2) is 21.8 Å². The number of hydrogen-bond donors (Lipinski definition) is 2. The molecule has 0 aliphatic heterocycles. The molecular formula is C27H24O4. The van der Waals surface area contributed by atoms with Crippen molar-refractivity contribution in [2.75, 3.05) is 0 Å². The summed E-state index contributed by atoms with van der Waals surface area (Å²) in [6.45, 7) is 3.54. The third-order valence-corrected chi connectivity index (χ3v) is 5.83. The minimum Gasteiger partial charge on any atom is -0.507 e. The number of aromatic hydroxyl groups is 2. The largest absolute Gasteiger partial charge is 0.507 e. The van der Waals surface area contributed by atoms with Crippen molar-refractivity contribution in [1.82, 2.24) is 0 Å². The Morgan fingerprint density at radius 2 is 1.00 bits per heavy atom. The molecule has 4 rings (SSSR count). The molecule has 156 valence electrons. The zero-order valence-electron chi connectivity index (χ0n) is 17.6. The van der Waals surface area contributed by atoms with Gasteiger partial charge in [-0.15, -0.1) is 0 Å². The average molecular weight is 412 g/mol. The summed E-state index contributed by atoms with van der Waals surface area (Å²) in [6.07, 6.45) is 1.04. The van der Waals surface area contributed by atoms with Crippen LogP contribution in [0.25, 0.3) is 21.5 Å². The number of Topliss-reactive ketones (excluding diaryl/α,β-unsaturated/α-hetero) is 2. The number of fused-ring (bicyclic) bond motifs is 2. The summed E-state index contributed by atoms with van der Waals surface area (Å²) >= 11 is 0. The van der Waals surface area contributed by atoms with Crippen molar-refractivity contribution in [2.24, 2.45) is 0 Å². The van der Waals surface area contributed by atoms with Gasteiger partial charge in [0.25, 0.3) is 0 Å². The van der Waals surface area contributed by atoms with Gasteiger partial charge in [-0.25, -0.2) is 0 Å². The summed E-state index contributed by atoms with van der Waals surface area (Å²) < 4.78 is 0. The Labute approximate surface area is 180 Å². The third-order valence-electron chi connectivity index (χ3n) is 5.83. The quantitative estimate of drug-likeness (QED) is 0.371. The van der Waals surface area contributed by atoms with Gasteiger partial charge in [0.1, 0.15) is 11.5 Å². The number of phenols is 2. The van der Waals surface area contributed by atoms with E-state index in [1.54, 1.807) is 26.0 Å². The normalized spacial score (nSPS) is 11.2. The molecule has 0 fully saturated rings. The maximum absolute atomic E-state index is 12.5. The highest BCUT2D eigenvalue weighted by Crippen LogP contribution is 2.37. The Hall–Kier alpha value is -3.66. The van der Waals surface area contributed by atoms with Crippen molar-refractivity contribution in [2.45, 2.75) is 33.1 Å². The van der Waals surface area contributed by atoms with Crippen molar-refractivity contribution >= 4 is 33.1 Å². The minimum atomic E-state index is -0.123. The van der Waals surface area contributed by atoms with E-state index in [2.05, 4.69) is 0 Å². The van der Waals surface area contributed by atoms with Crippen molar-refractivity contribution < 1.29 is 19.8 Å². The molecule has 0 spiro atoms. The predicted octanol–water partition coefficient (Wildman–Crippen LogP) is 6.18. The molecule has 0 unspecified atom stereocenters. The van der Waals surface area contributed by atoms with Gasteiger partial charge < -0.3 is 10.2 Å². The molecule has 0 amide bonds. The predicted molar refractivity (Wildman–Crippen MR) is 123 cm³/mol. The first kappa shape index (κ1) is 20.6. The minimum absolute atomic E-state index is 0.00335. The van der Waals surface area contributed by atoms with Crippen molar-refractivity contribution in [3.8, 4) is 11.5 Å². The van der Waals surface area contributed by atoms with Gasteiger partial charge in [0, 0.05) is 23.6 Å². The average Bonchev–Trinajstić information content (AvgIpc) is 2.81. The molecule has 0 radical (unpaired) electrons. The number of benzene rings is 4. The fraction of sp³-hybridized carbons (Fsp3) is 0.185. The van der Waals surface area contributed by atoms with E-state index in [0.29, 0.717) is 41.2 Å². The number of phenolic OH excluding ortho intramolecular Hbond substituents is 2. The van der Waals surface area contributed by atoms with Crippen LogP contribution >= 0.6 is 0 Å². The fourth-order valence-electron chi connectivity index (χ4n) is 4.17. The summed E-state index contributed by atoms with van der Waals surface area (Å²) in [5.41, 5.74) is 2.39. The van der Waals surface area contributed by atoms with Crippen LogP contribution in [0.5, 0.6) is 11.5 Å². The lowest BCUT2D eigenvalue weighted by atomic mass is 9.89. The molecule has 0 heterocycles. The van der Waals surface area contributed by atoms with Crippen LogP contribution in [0.4, 0.5) is 0 Å². The summed E-state index contributed by atoms with van der Waals surface area (Å²) in [4.78, 5) is 25.0. The lowest BCUT2D eigenvalue weighted by molar-refractivity contribution is 0.0977. The lowest BCUT2D eigenvalue weighted by Gasteiger charge is -2.15. The van der Waals surface area contributed by atoms with E-state index >= 15 is 0 Å². The molecular weight excluding hydrogens is 388 g/mol. The zero-order chi connectivity index (χ0) is 22.1. The van der Waals surface area contributed by atoms with Gasteiger partial charge in [-0.2, -0.15) is 0 Å². The molecule has 4 aromatic rings. The van der Waals surface area contributed by atoms with Crippen LogP contribution in [0.1, 0.15) is 58.5 Å². The van der Waals surface area contributed by atoms with Crippen LogP contribution in [0.3, 0.4) is 0 Å². The summed E-state index contributed by atoms with van der Waals surface area (Å²) in [5, 5.41) is 24.4. The van der Waals surface area contributed by atoms with Crippen LogP contribution in [-0.2, 0) is 6.42 Å². The molecule has 0 aliphatic carbocycles. The second kappa shape index (κ2) is 8.23. The maximum Gasteiger partial charge on any atom is 0.166 e. The fourth-order valence-corrected chi connectivity index (χ4v) is 4.17. The lowest BCUT2D eigenvalue weighted by Crippen LogP contribution is -2.03. The first-order chi connectivity index (χ1) is 15.0. The molecule has 0 aliphatic rings. The van der Waals surface area contributed by atoms with Crippen molar-refractivity contribution in [3.63, 3.8) is 0 Å². The van der Waals surface area contributed by atoms with Crippen LogP contribution in [0.2, 0.25) is 0 Å². The number of carbonyl (C=O) groups is 2. The topological polar surface area (TPSA) is 74.6 Å². The van der Waals surface area contributed by atoms with Gasteiger partial charge in [-0.05, 0) is 40.5 Å². The van der Waals surface area contributed by atoms with Gasteiger partial charge >= 0.3 is 0 Å². The van der Waals surface area contributed by atoms with E-state index in [4.69, 9.17) is 0 Å². The molecule has 4 aromatic carbocycles. The van der Waals surface area contributed by atoms with E-state index in [0.717, 1.165) is 21.9 Å².